The fourth-order valence-corrected chi connectivity index (χ4v) is 2.11. The predicted molar refractivity (Wildman–Crippen MR) is 114 cm³/mol. The Morgan fingerprint density at radius 2 is 1.88 bits per heavy atom. The molecule has 25 heavy (non-hydrogen) atoms. The molecule has 0 fully saturated rings. The van der Waals surface area contributed by atoms with E-state index in [0.29, 0.717) is 18.1 Å². The molecule has 0 heterocycles. The number of hydrogen-bond acceptors (Lipinski definition) is 2. The normalized spacial score (nSPS) is 12.0. The van der Waals surface area contributed by atoms with Crippen molar-refractivity contribution in [3.8, 4) is 0 Å². The molecule has 0 aromatic heterocycles. The summed E-state index contributed by atoms with van der Waals surface area (Å²) in [5, 5.41) is 5.99. The molecule has 0 aliphatic heterocycles. The molecule has 0 aliphatic rings. The number of nitrogens with one attached hydrogen (secondary N) is 2. The van der Waals surface area contributed by atoms with E-state index < -0.39 is 0 Å². The van der Waals surface area contributed by atoms with Crippen LogP contribution in [0.1, 0.15) is 36.2 Å². The lowest BCUT2D eigenvalue weighted by Crippen LogP contribution is -2.31. The summed E-state index contributed by atoms with van der Waals surface area (Å²) in [5.41, 5.74) is 8.36. The summed E-state index contributed by atoms with van der Waals surface area (Å²) in [6, 6.07) is 17.2. The highest BCUT2D eigenvalue weighted by Crippen LogP contribution is 2.08. The monoisotopic (exact) mass is 452 g/mol. The molecule has 1 unspecified atom stereocenters. The van der Waals surface area contributed by atoms with Gasteiger partial charge in [-0.2, -0.15) is 0 Å². The molecule has 0 aliphatic carbocycles. The van der Waals surface area contributed by atoms with Crippen molar-refractivity contribution in [3.63, 3.8) is 0 Å². The molecule has 0 radical (unpaired) electrons. The first-order valence-corrected chi connectivity index (χ1v) is 8.10. The van der Waals surface area contributed by atoms with E-state index in [0.717, 1.165) is 17.7 Å². The maximum Gasteiger partial charge on any atom is 0.251 e. The quantitative estimate of drug-likeness (QED) is 0.355. The maximum absolute atomic E-state index is 12.2. The number of halogens is 1. The fraction of sp³-hybridized carbons (Fsp3) is 0.263. The Balaban J connectivity index is 0.00000312. The van der Waals surface area contributed by atoms with Gasteiger partial charge in [0, 0.05) is 17.3 Å². The second kappa shape index (κ2) is 10.7. The molecule has 4 N–H and O–H groups in total. The van der Waals surface area contributed by atoms with Gasteiger partial charge < -0.3 is 16.4 Å². The topological polar surface area (TPSA) is 79.5 Å². The highest BCUT2D eigenvalue weighted by molar-refractivity contribution is 14.0. The van der Waals surface area contributed by atoms with E-state index in [-0.39, 0.29) is 35.9 Å². The van der Waals surface area contributed by atoms with Gasteiger partial charge >= 0.3 is 0 Å². The summed E-state index contributed by atoms with van der Waals surface area (Å²) >= 11 is 0. The van der Waals surface area contributed by atoms with E-state index in [1.807, 2.05) is 62.4 Å². The van der Waals surface area contributed by atoms with Crippen LogP contribution in [0, 0.1) is 0 Å². The third kappa shape index (κ3) is 7.13. The van der Waals surface area contributed by atoms with Crippen LogP contribution < -0.4 is 16.4 Å². The van der Waals surface area contributed by atoms with Gasteiger partial charge in [0.25, 0.3) is 5.91 Å². The average Bonchev–Trinajstić information content (AvgIpc) is 2.61. The molecule has 1 amide bonds. The molecule has 0 saturated heterocycles. The van der Waals surface area contributed by atoms with Crippen LogP contribution in [-0.4, -0.2) is 17.9 Å². The number of para-hydroxylation sites is 1. The van der Waals surface area contributed by atoms with Gasteiger partial charge in [0.05, 0.1) is 6.54 Å². The van der Waals surface area contributed by atoms with Crippen LogP contribution in [0.15, 0.2) is 59.6 Å². The zero-order valence-electron chi connectivity index (χ0n) is 14.5. The number of amides is 1. The van der Waals surface area contributed by atoms with Crippen molar-refractivity contribution in [1.82, 2.24) is 5.32 Å². The standard InChI is InChI=1S/C19H24N4O.HI/c1-3-14(2)22-18(24)16-9-7-8-15(12-16)13-21-19(20)23-17-10-5-4-6-11-17;/h4-12,14H,3,13H2,1-2H3,(H,22,24)(H3,20,21,23);1H. The molecular weight excluding hydrogens is 427 g/mol. The van der Waals surface area contributed by atoms with Crippen molar-refractivity contribution >= 4 is 41.5 Å². The zero-order valence-corrected chi connectivity index (χ0v) is 16.9. The number of guanidine groups is 1. The number of rotatable bonds is 6. The van der Waals surface area contributed by atoms with Gasteiger partial charge in [0.15, 0.2) is 5.96 Å². The largest absolute Gasteiger partial charge is 0.370 e. The lowest BCUT2D eigenvalue weighted by Gasteiger charge is -2.11. The van der Waals surface area contributed by atoms with E-state index in [9.17, 15) is 4.79 Å². The smallest absolute Gasteiger partial charge is 0.251 e. The summed E-state index contributed by atoms with van der Waals surface area (Å²) < 4.78 is 0. The molecule has 2 rings (SSSR count). The minimum absolute atomic E-state index is 0. The van der Waals surface area contributed by atoms with Crippen LogP contribution in [-0.2, 0) is 6.54 Å². The SMILES string of the molecule is CCC(C)NC(=O)c1cccc(CN=C(N)Nc2ccccc2)c1.I. The average molecular weight is 452 g/mol. The van der Waals surface area contributed by atoms with E-state index in [1.54, 1.807) is 6.07 Å². The Morgan fingerprint density at radius 3 is 2.56 bits per heavy atom. The first-order chi connectivity index (χ1) is 11.6. The Hall–Kier alpha value is -2.09. The molecule has 2 aromatic carbocycles. The molecule has 0 bridgehead atoms. The van der Waals surface area contributed by atoms with Gasteiger partial charge in [-0.15, -0.1) is 24.0 Å². The molecule has 0 saturated carbocycles. The first kappa shape index (κ1) is 21.0. The second-order valence-electron chi connectivity index (χ2n) is 5.68. The van der Waals surface area contributed by atoms with Gasteiger partial charge in [-0.1, -0.05) is 37.3 Å². The number of nitrogens with two attached hydrogens (primary N) is 1. The minimum atomic E-state index is -0.0643. The van der Waals surface area contributed by atoms with Crippen LogP contribution in [0.25, 0.3) is 0 Å². The number of carbonyl (C=O) groups is 1. The Bertz CT molecular complexity index is 704. The molecule has 134 valence electrons. The van der Waals surface area contributed by atoms with Crippen LogP contribution in [0.3, 0.4) is 0 Å². The number of aliphatic imine (C=N–C) groups is 1. The summed E-state index contributed by atoms with van der Waals surface area (Å²) in [4.78, 5) is 16.5. The van der Waals surface area contributed by atoms with Crippen molar-refractivity contribution in [1.29, 1.82) is 0 Å². The molecule has 2 aromatic rings. The van der Waals surface area contributed by atoms with Crippen LogP contribution in [0.2, 0.25) is 0 Å². The van der Waals surface area contributed by atoms with Crippen molar-refractivity contribution in [2.45, 2.75) is 32.9 Å². The minimum Gasteiger partial charge on any atom is -0.370 e. The van der Waals surface area contributed by atoms with E-state index >= 15 is 0 Å². The summed E-state index contributed by atoms with van der Waals surface area (Å²) in [5.74, 6) is 0.279. The highest BCUT2D eigenvalue weighted by Gasteiger charge is 2.08. The van der Waals surface area contributed by atoms with E-state index in [1.165, 1.54) is 0 Å². The Labute approximate surface area is 166 Å². The van der Waals surface area contributed by atoms with Gasteiger partial charge in [-0.05, 0) is 43.2 Å². The molecule has 5 nitrogen and oxygen atoms in total. The van der Waals surface area contributed by atoms with E-state index in [2.05, 4.69) is 15.6 Å². The maximum atomic E-state index is 12.2. The summed E-state index contributed by atoms with van der Waals surface area (Å²) in [6.07, 6.45) is 0.900. The van der Waals surface area contributed by atoms with Crippen molar-refractivity contribution in [3.05, 3.63) is 65.7 Å². The third-order valence-electron chi connectivity index (χ3n) is 3.66. The predicted octanol–water partition coefficient (Wildman–Crippen LogP) is 3.76. The molecule has 0 spiro atoms. The van der Waals surface area contributed by atoms with Crippen molar-refractivity contribution < 1.29 is 4.79 Å². The lowest BCUT2D eigenvalue weighted by molar-refractivity contribution is 0.0939. The van der Waals surface area contributed by atoms with Gasteiger partial charge in [0.1, 0.15) is 0 Å². The fourth-order valence-electron chi connectivity index (χ4n) is 2.11. The zero-order chi connectivity index (χ0) is 17.4. The van der Waals surface area contributed by atoms with Gasteiger partial charge in [0.2, 0.25) is 0 Å². The number of hydrogen-bond donors (Lipinski definition) is 3. The number of anilines is 1. The number of nitrogens with zero attached hydrogens (tertiary/aromatic N) is 1. The van der Waals surface area contributed by atoms with Gasteiger partial charge in [-0.3, -0.25) is 4.79 Å². The van der Waals surface area contributed by atoms with Crippen LogP contribution in [0.4, 0.5) is 5.69 Å². The molecular formula is C19H25IN4O. The first-order valence-electron chi connectivity index (χ1n) is 8.10. The summed E-state index contributed by atoms with van der Waals surface area (Å²) in [6.45, 7) is 4.44. The van der Waals surface area contributed by atoms with E-state index in [4.69, 9.17) is 5.73 Å². The summed E-state index contributed by atoms with van der Waals surface area (Å²) in [7, 11) is 0. The van der Waals surface area contributed by atoms with Crippen molar-refractivity contribution in [2.75, 3.05) is 5.32 Å². The molecule has 6 heteroatoms. The lowest BCUT2D eigenvalue weighted by atomic mass is 10.1. The van der Waals surface area contributed by atoms with Crippen molar-refractivity contribution in [2.24, 2.45) is 10.7 Å². The Morgan fingerprint density at radius 1 is 1.16 bits per heavy atom. The highest BCUT2D eigenvalue weighted by atomic mass is 127. The number of benzene rings is 2. The molecule has 1 atom stereocenters. The third-order valence-corrected chi connectivity index (χ3v) is 3.66. The van der Waals surface area contributed by atoms with Gasteiger partial charge in [-0.25, -0.2) is 4.99 Å². The second-order valence-corrected chi connectivity index (χ2v) is 5.68. The van der Waals surface area contributed by atoms with Crippen LogP contribution in [0.5, 0.6) is 0 Å². The van der Waals surface area contributed by atoms with Crippen LogP contribution >= 0.6 is 24.0 Å². The number of carbonyl (C=O) groups excluding carboxylic acids is 1. The Kier molecular flexibility index (Phi) is 8.98.